The number of aromatic nitrogens is 2. The second-order valence-electron chi connectivity index (χ2n) is 6.82. The van der Waals surface area contributed by atoms with Crippen LogP contribution in [0.4, 0.5) is 4.39 Å². The van der Waals surface area contributed by atoms with Crippen molar-refractivity contribution in [3.05, 3.63) is 63.3 Å². The second-order valence-corrected chi connectivity index (χ2v) is 6.82. The van der Waals surface area contributed by atoms with E-state index in [-0.39, 0.29) is 35.8 Å². The van der Waals surface area contributed by atoms with Crippen molar-refractivity contribution >= 4 is 5.91 Å². The molecule has 1 amide bonds. The van der Waals surface area contributed by atoms with Crippen LogP contribution in [0.2, 0.25) is 0 Å². The van der Waals surface area contributed by atoms with E-state index in [0.29, 0.717) is 11.1 Å². The fraction of sp³-hybridized carbons (Fsp3) is 0.389. The maximum absolute atomic E-state index is 13.5. The second kappa shape index (κ2) is 6.95. The predicted molar refractivity (Wildman–Crippen MR) is 90.2 cm³/mol. The van der Waals surface area contributed by atoms with Crippen LogP contribution in [-0.2, 0) is 23.3 Å². The summed E-state index contributed by atoms with van der Waals surface area (Å²) in [5.41, 5.74) is 1.40. The fourth-order valence-corrected chi connectivity index (χ4v) is 2.10. The van der Waals surface area contributed by atoms with Gasteiger partial charge in [0.2, 0.25) is 5.91 Å². The molecule has 0 atom stereocenters. The van der Waals surface area contributed by atoms with Gasteiger partial charge in [-0.15, -0.1) is 0 Å². The average molecular weight is 331 g/mol. The first-order valence-corrected chi connectivity index (χ1v) is 7.77. The van der Waals surface area contributed by atoms with Crippen LogP contribution in [-0.4, -0.2) is 15.7 Å². The Balaban J connectivity index is 2.04. The summed E-state index contributed by atoms with van der Waals surface area (Å²) in [6, 6.07) is 7.89. The number of amides is 1. The minimum Gasteiger partial charge on any atom is -0.350 e. The molecule has 0 saturated heterocycles. The topological polar surface area (TPSA) is 64.0 Å². The highest BCUT2D eigenvalue weighted by Gasteiger charge is 2.17. The first kappa shape index (κ1) is 17.8. The number of hydrogen-bond donors (Lipinski definition) is 1. The molecule has 1 heterocycles. The minimum atomic E-state index is -0.350. The Bertz CT molecular complexity index is 807. The highest BCUT2D eigenvalue weighted by atomic mass is 19.1. The summed E-state index contributed by atoms with van der Waals surface area (Å²) >= 11 is 0. The van der Waals surface area contributed by atoms with Crippen molar-refractivity contribution in [1.82, 2.24) is 15.1 Å². The van der Waals surface area contributed by atoms with Gasteiger partial charge < -0.3 is 5.32 Å². The molecule has 0 aliphatic carbocycles. The summed E-state index contributed by atoms with van der Waals surface area (Å²) in [4.78, 5) is 23.9. The minimum absolute atomic E-state index is 0.170. The molecule has 0 spiro atoms. The standard InChI is InChI=1S/C18H22FN3O2/c1-12-5-6-13(9-14(12)19)10-20-16(23)11-22-17(24)8-7-15(21-22)18(2,3)4/h5-9H,10-11H2,1-4H3,(H,20,23). The van der Waals surface area contributed by atoms with E-state index in [4.69, 9.17) is 0 Å². The lowest BCUT2D eigenvalue weighted by atomic mass is 9.92. The molecule has 24 heavy (non-hydrogen) atoms. The number of carbonyl (C=O) groups excluding carboxylic acids is 1. The zero-order valence-electron chi connectivity index (χ0n) is 14.4. The zero-order valence-corrected chi connectivity index (χ0v) is 14.4. The van der Waals surface area contributed by atoms with Crippen molar-refractivity contribution in [3.63, 3.8) is 0 Å². The summed E-state index contributed by atoms with van der Waals surface area (Å²) in [6.45, 7) is 7.65. The fourth-order valence-electron chi connectivity index (χ4n) is 2.10. The van der Waals surface area contributed by atoms with Gasteiger partial charge in [-0.2, -0.15) is 5.10 Å². The van der Waals surface area contributed by atoms with Gasteiger partial charge >= 0.3 is 0 Å². The lowest BCUT2D eigenvalue weighted by molar-refractivity contribution is -0.122. The van der Waals surface area contributed by atoms with E-state index in [1.165, 1.54) is 12.1 Å². The van der Waals surface area contributed by atoms with E-state index < -0.39 is 0 Å². The zero-order chi connectivity index (χ0) is 17.9. The molecule has 0 radical (unpaired) electrons. The predicted octanol–water partition coefficient (Wildman–Crippen LogP) is 2.30. The third kappa shape index (κ3) is 4.50. The van der Waals surface area contributed by atoms with E-state index in [1.807, 2.05) is 20.8 Å². The molecule has 0 saturated carbocycles. The van der Waals surface area contributed by atoms with Crippen molar-refractivity contribution in [2.45, 2.75) is 46.2 Å². The largest absolute Gasteiger partial charge is 0.350 e. The molecule has 128 valence electrons. The number of nitrogens with zero attached hydrogens (tertiary/aromatic N) is 2. The van der Waals surface area contributed by atoms with Gasteiger partial charge in [-0.05, 0) is 30.2 Å². The molecule has 2 aromatic rings. The molecule has 0 unspecified atom stereocenters. The SMILES string of the molecule is Cc1ccc(CNC(=O)Cn2nc(C(C)(C)C)ccc2=O)cc1F. The molecule has 5 nitrogen and oxygen atoms in total. The third-order valence-electron chi connectivity index (χ3n) is 3.65. The van der Waals surface area contributed by atoms with Gasteiger partial charge in [0.1, 0.15) is 12.4 Å². The Morgan fingerprint density at radius 3 is 2.58 bits per heavy atom. The Kier molecular flexibility index (Phi) is 5.17. The molecular weight excluding hydrogens is 309 g/mol. The van der Waals surface area contributed by atoms with Crippen LogP contribution in [0.25, 0.3) is 0 Å². The molecule has 1 N–H and O–H groups in total. The Morgan fingerprint density at radius 2 is 1.96 bits per heavy atom. The number of rotatable bonds is 4. The van der Waals surface area contributed by atoms with E-state index in [1.54, 1.807) is 25.1 Å². The van der Waals surface area contributed by atoms with Crippen LogP contribution in [0.1, 0.15) is 37.6 Å². The van der Waals surface area contributed by atoms with Crippen molar-refractivity contribution in [2.75, 3.05) is 0 Å². The first-order valence-electron chi connectivity index (χ1n) is 7.77. The number of nitrogens with one attached hydrogen (secondary N) is 1. The molecule has 0 aliphatic rings. The van der Waals surface area contributed by atoms with Gasteiger partial charge in [0.25, 0.3) is 5.56 Å². The number of benzene rings is 1. The normalized spacial score (nSPS) is 11.4. The van der Waals surface area contributed by atoms with Gasteiger partial charge in [-0.25, -0.2) is 9.07 Å². The highest BCUT2D eigenvalue weighted by molar-refractivity contribution is 5.75. The van der Waals surface area contributed by atoms with Crippen molar-refractivity contribution in [3.8, 4) is 0 Å². The summed E-state index contributed by atoms with van der Waals surface area (Å²) in [5, 5.41) is 6.92. The monoisotopic (exact) mass is 331 g/mol. The van der Waals surface area contributed by atoms with Crippen LogP contribution >= 0.6 is 0 Å². The van der Waals surface area contributed by atoms with Crippen molar-refractivity contribution < 1.29 is 9.18 Å². The van der Waals surface area contributed by atoms with Crippen LogP contribution in [0.5, 0.6) is 0 Å². The Labute approximate surface area is 140 Å². The van der Waals surface area contributed by atoms with Crippen LogP contribution in [0.3, 0.4) is 0 Å². The molecular formula is C18H22FN3O2. The number of hydrogen-bond acceptors (Lipinski definition) is 3. The summed E-state index contributed by atoms with van der Waals surface area (Å²) in [6.07, 6.45) is 0. The smallest absolute Gasteiger partial charge is 0.267 e. The summed E-state index contributed by atoms with van der Waals surface area (Å²) < 4.78 is 14.6. The summed E-state index contributed by atoms with van der Waals surface area (Å²) in [7, 11) is 0. The number of halogens is 1. The van der Waals surface area contributed by atoms with Crippen LogP contribution in [0, 0.1) is 12.7 Å². The molecule has 2 rings (SSSR count). The molecule has 1 aromatic carbocycles. The Morgan fingerprint density at radius 1 is 1.25 bits per heavy atom. The molecule has 0 bridgehead atoms. The molecule has 0 fully saturated rings. The van der Waals surface area contributed by atoms with Crippen molar-refractivity contribution in [1.29, 1.82) is 0 Å². The number of carbonyl (C=O) groups is 1. The summed E-state index contributed by atoms with van der Waals surface area (Å²) in [5.74, 6) is -0.658. The van der Waals surface area contributed by atoms with Gasteiger partial charge in [0, 0.05) is 18.0 Å². The van der Waals surface area contributed by atoms with Gasteiger partial charge in [0.15, 0.2) is 0 Å². The van der Waals surface area contributed by atoms with Gasteiger partial charge in [-0.1, -0.05) is 32.9 Å². The number of aryl methyl sites for hydroxylation is 1. The lowest BCUT2D eigenvalue weighted by Gasteiger charge is -2.18. The molecule has 1 aromatic heterocycles. The van der Waals surface area contributed by atoms with E-state index >= 15 is 0 Å². The molecule has 6 heteroatoms. The average Bonchev–Trinajstić information content (AvgIpc) is 2.49. The van der Waals surface area contributed by atoms with Crippen LogP contribution in [0.15, 0.2) is 35.1 Å². The first-order chi connectivity index (χ1) is 11.2. The van der Waals surface area contributed by atoms with Crippen molar-refractivity contribution in [2.24, 2.45) is 0 Å². The lowest BCUT2D eigenvalue weighted by Crippen LogP contribution is -2.34. The maximum Gasteiger partial charge on any atom is 0.267 e. The third-order valence-corrected chi connectivity index (χ3v) is 3.65. The molecule has 0 aliphatic heterocycles. The quantitative estimate of drug-likeness (QED) is 0.935. The van der Waals surface area contributed by atoms with E-state index in [9.17, 15) is 14.0 Å². The maximum atomic E-state index is 13.5. The van der Waals surface area contributed by atoms with Gasteiger partial charge in [-0.3, -0.25) is 9.59 Å². The highest BCUT2D eigenvalue weighted by Crippen LogP contribution is 2.17. The Hall–Kier alpha value is -2.50. The van der Waals surface area contributed by atoms with E-state index in [0.717, 1.165) is 10.4 Å². The van der Waals surface area contributed by atoms with Crippen LogP contribution < -0.4 is 10.9 Å². The van der Waals surface area contributed by atoms with Gasteiger partial charge in [0.05, 0.1) is 5.69 Å². The van der Waals surface area contributed by atoms with E-state index in [2.05, 4.69) is 10.4 Å².